The minimum Gasteiger partial charge on any atom is -0.341 e. The summed E-state index contributed by atoms with van der Waals surface area (Å²) in [6.45, 7) is 3.91. The first-order valence-corrected chi connectivity index (χ1v) is 10.1. The second kappa shape index (κ2) is 8.19. The van der Waals surface area contributed by atoms with E-state index in [-0.39, 0.29) is 6.04 Å². The first-order chi connectivity index (χ1) is 13.2. The number of benzene rings is 1. The van der Waals surface area contributed by atoms with Crippen molar-refractivity contribution in [1.82, 2.24) is 19.9 Å². The molecule has 0 fully saturated rings. The van der Waals surface area contributed by atoms with Crippen LogP contribution in [0.15, 0.2) is 42.6 Å². The van der Waals surface area contributed by atoms with Crippen LogP contribution in [-0.2, 0) is 13.0 Å². The van der Waals surface area contributed by atoms with E-state index >= 15 is 0 Å². The lowest BCUT2D eigenvalue weighted by Gasteiger charge is -2.34. The third-order valence-electron chi connectivity index (χ3n) is 5.50. The van der Waals surface area contributed by atoms with Crippen molar-refractivity contribution in [3.05, 3.63) is 59.7 Å². The Labute approximate surface area is 161 Å². The number of aryl methyl sites for hydroxylation is 1. The van der Waals surface area contributed by atoms with E-state index in [2.05, 4.69) is 41.1 Å². The number of rotatable bonds is 7. The quantitative estimate of drug-likeness (QED) is 0.666. The Morgan fingerprint density at radius 3 is 3.00 bits per heavy atom. The zero-order chi connectivity index (χ0) is 18.6. The summed E-state index contributed by atoms with van der Waals surface area (Å²) in [6, 6.07) is 13.1. The molecular weight excluding hydrogens is 334 g/mol. The van der Waals surface area contributed by atoms with Crippen molar-refractivity contribution in [2.24, 2.45) is 5.73 Å². The van der Waals surface area contributed by atoms with Crippen LogP contribution in [0.2, 0.25) is 0 Å². The van der Waals surface area contributed by atoms with Crippen molar-refractivity contribution in [3.8, 4) is 0 Å². The summed E-state index contributed by atoms with van der Waals surface area (Å²) in [6.07, 6.45) is 7.57. The molecule has 142 valence electrons. The summed E-state index contributed by atoms with van der Waals surface area (Å²) < 4.78 is 0. The van der Waals surface area contributed by atoms with Crippen LogP contribution >= 0.6 is 0 Å². The molecule has 0 radical (unpaired) electrons. The van der Waals surface area contributed by atoms with Gasteiger partial charge in [0.05, 0.1) is 29.3 Å². The fourth-order valence-corrected chi connectivity index (χ4v) is 4.17. The zero-order valence-corrected chi connectivity index (χ0v) is 16.1. The van der Waals surface area contributed by atoms with Gasteiger partial charge in [-0.1, -0.05) is 18.2 Å². The standard InChI is InChI=1S/C22H29N5/c1-16(23)7-6-14-27(15-21-25-18-10-2-3-11-19(18)26-21)20-12-4-8-17-9-5-13-24-22(17)20/h2-3,5,9-11,13,16,20H,4,6-8,12,14-15,23H2,1H3,(H,25,26)/t16-,20?/m1/s1. The van der Waals surface area contributed by atoms with Crippen LogP contribution in [0.3, 0.4) is 0 Å². The molecule has 1 aromatic carbocycles. The lowest BCUT2D eigenvalue weighted by molar-refractivity contribution is 0.158. The van der Waals surface area contributed by atoms with Gasteiger partial charge in [0.1, 0.15) is 5.82 Å². The van der Waals surface area contributed by atoms with Gasteiger partial charge in [-0.2, -0.15) is 0 Å². The molecule has 3 aromatic rings. The van der Waals surface area contributed by atoms with E-state index in [0.717, 1.165) is 55.6 Å². The number of fused-ring (bicyclic) bond motifs is 2. The van der Waals surface area contributed by atoms with Gasteiger partial charge in [-0.25, -0.2) is 4.98 Å². The Morgan fingerprint density at radius 2 is 2.15 bits per heavy atom. The molecule has 1 aliphatic rings. The summed E-state index contributed by atoms with van der Waals surface area (Å²) in [5.41, 5.74) is 10.8. The monoisotopic (exact) mass is 363 g/mol. The van der Waals surface area contributed by atoms with Crippen LogP contribution in [0, 0.1) is 0 Å². The number of hydrogen-bond donors (Lipinski definition) is 2. The average molecular weight is 364 g/mol. The largest absolute Gasteiger partial charge is 0.341 e. The fourth-order valence-electron chi connectivity index (χ4n) is 4.17. The highest BCUT2D eigenvalue weighted by Crippen LogP contribution is 2.33. The topological polar surface area (TPSA) is 70.8 Å². The third kappa shape index (κ3) is 4.20. The van der Waals surface area contributed by atoms with Crippen LogP contribution in [0.5, 0.6) is 0 Å². The Balaban J connectivity index is 1.59. The molecule has 5 heteroatoms. The molecule has 0 aliphatic heterocycles. The third-order valence-corrected chi connectivity index (χ3v) is 5.50. The van der Waals surface area contributed by atoms with Crippen LogP contribution in [0.25, 0.3) is 11.0 Å². The first kappa shape index (κ1) is 18.1. The minimum absolute atomic E-state index is 0.245. The number of pyridine rings is 1. The van der Waals surface area contributed by atoms with Crippen molar-refractivity contribution < 1.29 is 0 Å². The maximum absolute atomic E-state index is 5.99. The van der Waals surface area contributed by atoms with Crippen molar-refractivity contribution in [1.29, 1.82) is 0 Å². The van der Waals surface area contributed by atoms with E-state index in [1.807, 2.05) is 18.3 Å². The Bertz CT molecular complexity index is 852. The molecule has 2 heterocycles. The zero-order valence-electron chi connectivity index (χ0n) is 16.1. The van der Waals surface area contributed by atoms with Crippen molar-refractivity contribution in [2.45, 2.75) is 57.7 Å². The maximum Gasteiger partial charge on any atom is 0.121 e. The second-order valence-electron chi connectivity index (χ2n) is 7.75. The fraction of sp³-hybridized carbons (Fsp3) is 0.455. The van der Waals surface area contributed by atoms with Gasteiger partial charge in [-0.15, -0.1) is 0 Å². The number of para-hydroxylation sites is 2. The maximum atomic E-state index is 5.99. The van der Waals surface area contributed by atoms with Crippen LogP contribution in [-0.4, -0.2) is 32.4 Å². The summed E-state index contributed by atoms with van der Waals surface area (Å²) in [5, 5.41) is 0. The predicted molar refractivity (Wildman–Crippen MR) is 109 cm³/mol. The van der Waals surface area contributed by atoms with Gasteiger partial charge >= 0.3 is 0 Å². The van der Waals surface area contributed by atoms with Gasteiger partial charge in [0.15, 0.2) is 0 Å². The van der Waals surface area contributed by atoms with E-state index < -0.39 is 0 Å². The molecule has 0 saturated heterocycles. The molecule has 0 bridgehead atoms. The molecule has 0 saturated carbocycles. The van der Waals surface area contributed by atoms with Gasteiger partial charge < -0.3 is 10.7 Å². The van der Waals surface area contributed by atoms with Crippen LogP contribution in [0.1, 0.15) is 55.7 Å². The van der Waals surface area contributed by atoms with Gasteiger partial charge in [0.25, 0.3) is 0 Å². The molecule has 3 N–H and O–H groups in total. The van der Waals surface area contributed by atoms with Crippen molar-refractivity contribution >= 4 is 11.0 Å². The Hall–Kier alpha value is -2.24. The summed E-state index contributed by atoms with van der Waals surface area (Å²) >= 11 is 0. The summed E-state index contributed by atoms with van der Waals surface area (Å²) in [5.74, 6) is 1.03. The molecule has 2 atom stereocenters. The number of nitrogens with zero attached hydrogens (tertiary/aromatic N) is 3. The molecule has 5 nitrogen and oxygen atoms in total. The molecule has 4 rings (SSSR count). The van der Waals surface area contributed by atoms with Gasteiger partial charge in [0.2, 0.25) is 0 Å². The van der Waals surface area contributed by atoms with E-state index in [1.165, 1.54) is 17.7 Å². The van der Waals surface area contributed by atoms with Crippen LogP contribution in [0.4, 0.5) is 0 Å². The minimum atomic E-state index is 0.245. The van der Waals surface area contributed by atoms with Gasteiger partial charge in [-0.05, 0) is 69.3 Å². The number of imidazole rings is 1. The number of hydrogen-bond acceptors (Lipinski definition) is 4. The highest BCUT2D eigenvalue weighted by atomic mass is 15.2. The molecule has 2 aromatic heterocycles. The van der Waals surface area contributed by atoms with Crippen molar-refractivity contribution in [2.75, 3.05) is 6.54 Å². The van der Waals surface area contributed by atoms with Gasteiger partial charge in [0, 0.05) is 12.2 Å². The summed E-state index contributed by atoms with van der Waals surface area (Å²) in [7, 11) is 0. The van der Waals surface area contributed by atoms with Crippen molar-refractivity contribution in [3.63, 3.8) is 0 Å². The lowest BCUT2D eigenvalue weighted by atomic mass is 9.90. The number of H-pyrrole nitrogens is 1. The van der Waals surface area contributed by atoms with E-state index in [4.69, 9.17) is 15.7 Å². The lowest BCUT2D eigenvalue weighted by Crippen LogP contribution is -2.33. The highest BCUT2D eigenvalue weighted by Gasteiger charge is 2.27. The normalized spacial score (nSPS) is 18.0. The number of aromatic nitrogens is 3. The molecule has 27 heavy (non-hydrogen) atoms. The van der Waals surface area contributed by atoms with E-state index in [0.29, 0.717) is 6.04 Å². The smallest absolute Gasteiger partial charge is 0.121 e. The predicted octanol–water partition coefficient (Wildman–Crippen LogP) is 3.96. The number of nitrogens with one attached hydrogen (secondary N) is 1. The SMILES string of the molecule is C[C@@H](N)CCCN(Cc1nc2ccccc2[nH]1)C1CCCc2cccnc21. The Kier molecular flexibility index (Phi) is 5.50. The molecule has 0 amide bonds. The number of nitrogens with two attached hydrogens (primary N) is 1. The average Bonchev–Trinajstić information content (AvgIpc) is 3.09. The Morgan fingerprint density at radius 1 is 1.26 bits per heavy atom. The second-order valence-corrected chi connectivity index (χ2v) is 7.75. The molecule has 1 unspecified atom stereocenters. The van der Waals surface area contributed by atoms with E-state index in [1.54, 1.807) is 0 Å². The van der Waals surface area contributed by atoms with E-state index in [9.17, 15) is 0 Å². The van der Waals surface area contributed by atoms with Crippen LogP contribution < -0.4 is 5.73 Å². The first-order valence-electron chi connectivity index (χ1n) is 10.1. The highest BCUT2D eigenvalue weighted by molar-refractivity contribution is 5.74. The van der Waals surface area contributed by atoms with Gasteiger partial charge in [-0.3, -0.25) is 9.88 Å². The number of aromatic amines is 1. The summed E-state index contributed by atoms with van der Waals surface area (Å²) in [4.78, 5) is 15.6. The molecular formula is C22H29N5. The molecule has 0 spiro atoms. The molecule has 1 aliphatic carbocycles.